The van der Waals surface area contributed by atoms with Crippen LogP contribution in [0.3, 0.4) is 0 Å². The molecule has 1 saturated heterocycles. The van der Waals surface area contributed by atoms with Crippen molar-refractivity contribution < 1.29 is 15.3 Å². The van der Waals surface area contributed by atoms with Crippen LogP contribution < -0.4 is 42.6 Å². The Bertz CT molecular complexity index is 2460. The van der Waals surface area contributed by atoms with Crippen molar-refractivity contribution in [3.8, 4) is 5.75 Å². The average molecular weight is 579 g/mol. The second-order valence-corrected chi connectivity index (χ2v) is 11.3. The molecular weight excluding hydrogens is 552 g/mol. The molecule has 10 heteroatoms. The van der Waals surface area contributed by atoms with Gasteiger partial charge >= 0.3 is 0 Å². The van der Waals surface area contributed by atoms with Gasteiger partial charge in [-0.3, -0.25) is 24.0 Å². The van der Waals surface area contributed by atoms with Crippen molar-refractivity contribution in [3.63, 3.8) is 0 Å². The van der Waals surface area contributed by atoms with Crippen LogP contribution in [0.2, 0.25) is 0 Å². The molecule has 216 valence electrons. The fourth-order valence-corrected chi connectivity index (χ4v) is 7.18. The summed E-state index contributed by atoms with van der Waals surface area (Å²) in [7, 11) is 0. The second kappa shape index (κ2) is 9.12. The van der Waals surface area contributed by atoms with Gasteiger partial charge in [-0.05, 0) is 55.7 Å². The first-order valence-electron chi connectivity index (χ1n) is 14.1. The van der Waals surface area contributed by atoms with Crippen LogP contribution in [0.15, 0.2) is 60.4 Å². The first-order valence-corrected chi connectivity index (χ1v) is 14.1. The van der Waals surface area contributed by atoms with Gasteiger partial charge in [0, 0.05) is 30.4 Å². The fraction of sp³-hybridized carbons (Fsp3) is 0.242. The molecule has 2 heterocycles. The number of pyridine rings is 1. The van der Waals surface area contributed by atoms with Crippen LogP contribution in [0.1, 0.15) is 43.0 Å². The monoisotopic (exact) mass is 578 g/mol. The number of nitrogens with one attached hydrogen (secondary N) is 1. The summed E-state index contributed by atoms with van der Waals surface area (Å²) in [6, 6.07) is 4.41. The number of aliphatic hydroxyl groups excluding tert-OH is 2. The summed E-state index contributed by atoms with van der Waals surface area (Å²) < 4.78 is 0. The third-order valence-electron chi connectivity index (χ3n) is 9.10. The van der Waals surface area contributed by atoms with Crippen LogP contribution in [0.25, 0.3) is 28.4 Å². The zero-order chi connectivity index (χ0) is 30.4. The normalized spacial score (nSPS) is 19.7. The standard InChI is InChI=1S/C33H26N2O8/c1-2-3-4-7-17-13-16-12-15-8-9-33(25(15)29(40)20(16)32(43)34-17)30(41)23-24(31(33)42)28(39)22-21(27(23)38)19(36)14-18(26(22)37)35-10-5-6-11-35/h2-4,7,12-14,40-42H,5-6,8-11H2,1H3,(H,34,43)/b3-2+,7-4+/t33-/m0/s1. The molecule has 4 N–H and O–H groups in total. The zero-order valence-corrected chi connectivity index (χ0v) is 23.1. The molecule has 43 heavy (non-hydrogen) atoms. The van der Waals surface area contributed by atoms with Gasteiger partial charge in [-0.15, -0.1) is 0 Å². The van der Waals surface area contributed by atoms with Crippen LogP contribution in [0.5, 0.6) is 5.75 Å². The predicted molar refractivity (Wildman–Crippen MR) is 162 cm³/mol. The molecule has 1 spiro atoms. The van der Waals surface area contributed by atoms with Gasteiger partial charge in [0.1, 0.15) is 22.7 Å². The molecule has 0 unspecified atom stereocenters. The Labute approximate surface area is 241 Å². The maximum absolute atomic E-state index is 13.9. The highest BCUT2D eigenvalue weighted by Crippen LogP contribution is 2.54. The van der Waals surface area contributed by atoms with E-state index in [-0.39, 0.29) is 29.5 Å². The number of fused-ring (bicyclic) bond motifs is 4. The molecule has 10 nitrogen and oxygen atoms in total. The highest BCUT2D eigenvalue weighted by molar-refractivity contribution is 5.94. The summed E-state index contributed by atoms with van der Waals surface area (Å²) in [6.07, 6.45) is 8.85. The van der Waals surface area contributed by atoms with E-state index in [1.54, 1.807) is 35.3 Å². The number of aliphatic hydroxyl groups is 2. The maximum Gasteiger partial charge on any atom is 0.260 e. The molecule has 2 aromatic rings. The summed E-state index contributed by atoms with van der Waals surface area (Å²) in [6.45, 7) is 2.90. The Kier molecular flexibility index (Phi) is 5.65. The quantitative estimate of drug-likeness (QED) is 0.256. The number of nitrogens with zero attached hydrogens (tertiary/aromatic N) is 1. The minimum absolute atomic E-state index is 0.000728. The van der Waals surface area contributed by atoms with E-state index in [9.17, 15) is 39.3 Å². The van der Waals surface area contributed by atoms with Gasteiger partial charge in [0.15, 0.2) is 5.43 Å². The first kappa shape index (κ1) is 26.6. The third-order valence-corrected chi connectivity index (χ3v) is 9.10. The van der Waals surface area contributed by atoms with E-state index in [2.05, 4.69) is 4.98 Å². The lowest BCUT2D eigenvalue weighted by Crippen LogP contribution is -2.52. The molecule has 0 amide bonds. The Balaban J connectivity index is 1.56. The summed E-state index contributed by atoms with van der Waals surface area (Å²) >= 11 is 0. The third kappa shape index (κ3) is 3.37. The largest absolute Gasteiger partial charge is 0.510 e. The van der Waals surface area contributed by atoms with E-state index in [0.717, 1.165) is 18.9 Å². The summed E-state index contributed by atoms with van der Waals surface area (Å²) in [4.78, 5) is 71.9. The van der Waals surface area contributed by atoms with E-state index in [0.29, 0.717) is 29.7 Å². The number of allylic oxidation sites excluding steroid dienone is 3. The van der Waals surface area contributed by atoms with E-state index < -0.39 is 70.8 Å². The number of aromatic nitrogens is 1. The summed E-state index contributed by atoms with van der Waals surface area (Å²) in [5, 5.41) is 32.8. The van der Waals surface area contributed by atoms with Gasteiger partial charge in [0.05, 0.1) is 31.9 Å². The van der Waals surface area contributed by atoms with Crippen LogP contribution in [0, 0.1) is 10.4 Å². The maximum atomic E-state index is 13.9. The van der Waals surface area contributed by atoms with E-state index in [4.69, 9.17) is 0 Å². The molecule has 1 aliphatic heterocycles. The Hall–Kier alpha value is -5.25. The first-order chi connectivity index (χ1) is 20.6. The summed E-state index contributed by atoms with van der Waals surface area (Å²) in [5.74, 6) is -1.90. The molecule has 1 aromatic carbocycles. The minimum Gasteiger partial charge on any atom is -0.510 e. The number of phenols is 1. The molecule has 0 bridgehead atoms. The summed E-state index contributed by atoms with van der Waals surface area (Å²) in [5.41, 5.74) is -5.17. The second-order valence-electron chi connectivity index (χ2n) is 11.3. The highest BCUT2D eigenvalue weighted by atomic mass is 16.3. The van der Waals surface area contributed by atoms with Crippen LogP contribution in [-0.4, -0.2) is 33.4 Å². The Morgan fingerprint density at radius 1 is 0.837 bits per heavy atom. The molecule has 1 fully saturated rings. The van der Waals surface area contributed by atoms with Crippen molar-refractivity contribution in [1.82, 2.24) is 4.98 Å². The highest BCUT2D eigenvalue weighted by Gasteiger charge is 2.53. The molecule has 7 rings (SSSR count). The molecular formula is C33H26N2O8. The lowest BCUT2D eigenvalue weighted by molar-refractivity contribution is 0.362. The van der Waals surface area contributed by atoms with E-state index in [1.807, 2.05) is 13.0 Å². The number of hydrogen-bond donors (Lipinski definition) is 4. The van der Waals surface area contributed by atoms with Gasteiger partial charge in [-0.1, -0.05) is 24.3 Å². The van der Waals surface area contributed by atoms with Crippen molar-refractivity contribution in [1.29, 1.82) is 0 Å². The molecule has 1 atom stereocenters. The molecule has 4 aliphatic carbocycles. The number of aromatic hydroxyl groups is 1. The predicted octanol–water partition coefficient (Wildman–Crippen LogP) is 0.695. The fourth-order valence-electron chi connectivity index (χ4n) is 7.18. The number of rotatable bonds is 3. The van der Waals surface area contributed by atoms with Crippen molar-refractivity contribution in [2.75, 3.05) is 18.0 Å². The van der Waals surface area contributed by atoms with Gasteiger partial charge in [0.2, 0.25) is 16.3 Å². The van der Waals surface area contributed by atoms with Crippen molar-refractivity contribution in [2.24, 2.45) is 0 Å². The number of benzene rings is 1. The number of anilines is 1. The Morgan fingerprint density at radius 3 is 2.19 bits per heavy atom. The number of H-pyrrole nitrogens is 1. The van der Waals surface area contributed by atoms with Crippen molar-refractivity contribution >= 4 is 34.1 Å². The average Bonchev–Trinajstić information content (AvgIpc) is 3.68. The van der Waals surface area contributed by atoms with Gasteiger partial charge in [-0.25, -0.2) is 0 Å². The lowest BCUT2D eigenvalue weighted by atomic mass is 9.78. The van der Waals surface area contributed by atoms with Gasteiger partial charge < -0.3 is 25.2 Å². The molecule has 5 aliphatic rings. The number of hydrogen-bond acceptors (Lipinski definition) is 9. The van der Waals surface area contributed by atoms with E-state index >= 15 is 0 Å². The topological polar surface area (TPSA) is 165 Å². The van der Waals surface area contributed by atoms with Gasteiger partial charge in [-0.2, -0.15) is 0 Å². The van der Waals surface area contributed by atoms with Crippen LogP contribution >= 0.6 is 0 Å². The zero-order valence-electron chi connectivity index (χ0n) is 23.1. The van der Waals surface area contributed by atoms with Gasteiger partial charge in [0.25, 0.3) is 5.56 Å². The van der Waals surface area contributed by atoms with Crippen molar-refractivity contribution in [3.05, 3.63) is 125 Å². The lowest BCUT2D eigenvalue weighted by Gasteiger charge is -2.27. The number of aromatic amines is 1. The molecule has 0 saturated carbocycles. The number of aryl methyl sites for hydroxylation is 1. The smallest absolute Gasteiger partial charge is 0.260 e. The van der Waals surface area contributed by atoms with E-state index in [1.165, 1.54) is 0 Å². The van der Waals surface area contributed by atoms with Crippen LogP contribution in [-0.2, 0) is 11.8 Å². The molecule has 0 radical (unpaired) electrons. The van der Waals surface area contributed by atoms with Crippen LogP contribution in [0.4, 0.5) is 5.69 Å². The van der Waals surface area contributed by atoms with Crippen molar-refractivity contribution in [2.45, 2.75) is 38.0 Å². The SMILES string of the molecule is C/C=C/C=C/c1cc2cc3c(c(O)c2c(=O)[nH]1)[C@@]1(CC3)C(O)=c2c(=O)c3c(=O)cc(N4CCCC4)c(=O)c=3c(=O)c2=C1O. The number of phenolic OH excluding ortho intramolecular Hbond substituents is 1. The molecule has 1 aromatic heterocycles. The minimum atomic E-state index is -1.91. The Morgan fingerprint density at radius 2 is 1.51 bits per heavy atom.